The van der Waals surface area contributed by atoms with Gasteiger partial charge in [0.25, 0.3) is 0 Å². The second-order valence-corrected chi connectivity index (χ2v) is 6.79. The number of carboxylic acid groups (broad SMARTS) is 1. The molecule has 26 heavy (non-hydrogen) atoms. The molecule has 144 valence electrons. The van der Waals surface area contributed by atoms with E-state index in [1.165, 1.54) is 0 Å². The summed E-state index contributed by atoms with van der Waals surface area (Å²) in [7, 11) is 0. The van der Waals surface area contributed by atoms with E-state index < -0.39 is 17.9 Å². The van der Waals surface area contributed by atoms with Crippen molar-refractivity contribution in [1.82, 2.24) is 10.2 Å². The molecule has 1 heterocycles. The summed E-state index contributed by atoms with van der Waals surface area (Å²) in [4.78, 5) is 25.8. The van der Waals surface area contributed by atoms with E-state index in [9.17, 15) is 14.7 Å². The minimum Gasteiger partial charge on any atom is -0.480 e. The fourth-order valence-corrected chi connectivity index (χ4v) is 2.99. The molecule has 0 aliphatic carbocycles. The lowest BCUT2D eigenvalue weighted by molar-refractivity contribution is -0.141. The van der Waals surface area contributed by atoms with Crippen LogP contribution in [0.1, 0.15) is 12.8 Å². The third-order valence-electron chi connectivity index (χ3n) is 4.06. The standard InChI is InChI=1S/C17H23Cl2N3O4/c18-12-3-1-4-13(16(12)19)21-15(23)11-14(17(24)25)20-5-2-6-22-7-9-26-10-8-22/h1,3-4,14,20H,2,5-11H2,(H,21,23)(H,24,25)/t14-/m1/s1. The number of aliphatic carboxylic acids is 1. The first-order chi connectivity index (χ1) is 12.5. The van der Waals surface area contributed by atoms with Gasteiger partial charge in [0.05, 0.1) is 35.4 Å². The number of carbonyl (C=O) groups excluding carboxylic acids is 1. The van der Waals surface area contributed by atoms with Crippen LogP contribution in [0.2, 0.25) is 10.0 Å². The van der Waals surface area contributed by atoms with Crippen molar-refractivity contribution in [3.8, 4) is 0 Å². The zero-order valence-electron chi connectivity index (χ0n) is 14.3. The van der Waals surface area contributed by atoms with Gasteiger partial charge in [-0.1, -0.05) is 29.3 Å². The van der Waals surface area contributed by atoms with Crippen molar-refractivity contribution in [3.63, 3.8) is 0 Å². The highest BCUT2D eigenvalue weighted by Crippen LogP contribution is 2.29. The Balaban J connectivity index is 1.76. The Kier molecular flexibility index (Phi) is 8.61. The van der Waals surface area contributed by atoms with Crippen molar-refractivity contribution in [2.45, 2.75) is 18.9 Å². The van der Waals surface area contributed by atoms with Gasteiger partial charge in [-0.2, -0.15) is 0 Å². The summed E-state index contributed by atoms with van der Waals surface area (Å²) < 4.78 is 5.29. The first kappa shape index (κ1) is 20.9. The van der Waals surface area contributed by atoms with Crippen LogP contribution in [0.3, 0.4) is 0 Å². The topological polar surface area (TPSA) is 90.9 Å². The second kappa shape index (κ2) is 10.7. The number of amides is 1. The van der Waals surface area contributed by atoms with Gasteiger partial charge in [0.15, 0.2) is 0 Å². The average Bonchev–Trinajstić information content (AvgIpc) is 2.62. The SMILES string of the molecule is O=C(C[C@@H](NCCCN1CCOCC1)C(=O)O)Nc1cccc(Cl)c1Cl. The van der Waals surface area contributed by atoms with E-state index in [0.29, 0.717) is 17.3 Å². The molecule has 0 unspecified atom stereocenters. The number of rotatable bonds is 9. The number of nitrogens with one attached hydrogen (secondary N) is 2. The molecule has 1 aliphatic rings. The quantitative estimate of drug-likeness (QED) is 0.546. The van der Waals surface area contributed by atoms with Crippen LogP contribution in [0.15, 0.2) is 18.2 Å². The van der Waals surface area contributed by atoms with Gasteiger partial charge < -0.3 is 20.5 Å². The second-order valence-electron chi connectivity index (χ2n) is 6.01. The third kappa shape index (κ3) is 6.74. The summed E-state index contributed by atoms with van der Waals surface area (Å²) in [5.41, 5.74) is 0.362. The maximum Gasteiger partial charge on any atom is 0.321 e. The summed E-state index contributed by atoms with van der Waals surface area (Å²) in [6, 6.07) is 3.91. The zero-order chi connectivity index (χ0) is 18.9. The molecule has 1 aromatic rings. The molecular weight excluding hydrogens is 381 g/mol. The van der Waals surface area contributed by atoms with Gasteiger partial charge in [0.1, 0.15) is 6.04 Å². The molecule has 1 aromatic carbocycles. The summed E-state index contributed by atoms with van der Waals surface area (Å²) in [5, 5.41) is 15.4. The van der Waals surface area contributed by atoms with Gasteiger partial charge in [-0.15, -0.1) is 0 Å². The van der Waals surface area contributed by atoms with Gasteiger partial charge >= 0.3 is 5.97 Å². The number of carbonyl (C=O) groups is 2. The molecule has 2 rings (SSSR count). The van der Waals surface area contributed by atoms with Crippen molar-refractivity contribution < 1.29 is 19.4 Å². The minimum atomic E-state index is -1.07. The molecule has 1 amide bonds. The normalized spacial score (nSPS) is 16.2. The number of hydrogen-bond acceptors (Lipinski definition) is 5. The van der Waals surface area contributed by atoms with Crippen molar-refractivity contribution >= 4 is 40.8 Å². The lowest BCUT2D eigenvalue weighted by atomic mass is 10.2. The predicted molar refractivity (Wildman–Crippen MR) is 101 cm³/mol. The van der Waals surface area contributed by atoms with Gasteiger partial charge in [0.2, 0.25) is 5.91 Å². The fraction of sp³-hybridized carbons (Fsp3) is 0.529. The van der Waals surface area contributed by atoms with Crippen molar-refractivity contribution in [2.24, 2.45) is 0 Å². The molecule has 0 saturated carbocycles. The van der Waals surface area contributed by atoms with Crippen LogP contribution in [-0.2, 0) is 14.3 Å². The number of anilines is 1. The molecule has 0 spiro atoms. The Hall–Kier alpha value is -1.38. The number of ether oxygens (including phenoxy) is 1. The Labute approximate surface area is 162 Å². The summed E-state index contributed by atoms with van der Waals surface area (Å²) in [6.07, 6.45) is 0.598. The minimum absolute atomic E-state index is 0.199. The fourth-order valence-electron chi connectivity index (χ4n) is 2.64. The van der Waals surface area contributed by atoms with E-state index in [1.807, 2.05) is 0 Å². The van der Waals surface area contributed by atoms with Crippen LogP contribution in [0.4, 0.5) is 5.69 Å². The molecule has 1 fully saturated rings. The van der Waals surface area contributed by atoms with Crippen LogP contribution < -0.4 is 10.6 Å². The average molecular weight is 404 g/mol. The zero-order valence-corrected chi connectivity index (χ0v) is 15.9. The molecule has 0 bridgehead atoms. The van der Waals surface area contributed by atoms with E-state index in [2.05, 4.69) is 15.5 Å². The Morgan fingerprint density at radius 3 is 2.69 bits per heavy atom. The van der Waals surface area contributed by atoms with Crippen molar-refractivity contribution in [1.29, 1.82) is 0 Å². The molecule has 1 atom stereocenters. The van der Waals surface area contributed by atoms with Gasteiger partial charge in [-0.3, -0.25) is 14.5 Å². The van der Waals surface area contributed by atoms with Crippen LogP contribution in [-0.4, -0.2) is 67.3 Å². The van der Waals surface area contributed by atoms with Crippen molar-refractivity contribution in [3.05, 3.63) is 28.2 Å². The van der Waals surface area contributed by atoms with Crippen LogP contribution in [0.5, 0.6) is 0 Å². The number of morpholine rings is 1. The van der Waals surface area contributed by atoms with E-state index in [0.717, 1.165) is 39.3 Å². The molecule has 3 N–H and O–H groups in total. The number of hydrogen-bond donors (Lipinski definition) is 3. The summed E-state index contributed by atoms with van der Waals surface area (Å²) in [6.45, 7) is 4.64. The highest BCUT2D eigenvalue weighted by molar-refractivity contribution is 6.43. The van der Waals surface area contributed by atoms with Gasteiger partial charge in [-0.05, 0) is 31.6 Å². The van der Waals surface area contributed by atoms with Gasteiger partial charge in [0, 0.05) is 13.1 Å². The number of halogens is 2. The molecule has 1 aliphatic heterocycles. The highest BCUT2D eigenvalue weighted by atomic mass is 35.5. The molecule has 0 aromatic heterocycles. The van der Waals surface area contributed by atoms with Crippen LogP contribution in [0.25, 0.3) is 0 Å². The third-order valence-corrected chi connectivity index (χ3v) is 4.88. The molecule has 0 radical (unpaired) electrons. The maximum absolute atomic E-state index is 12.1. The molecular formula is C17H23Cl2N3O4. The van der Waals surface area contributed by atoms with E-state index in [-0.39, 0.29) is 11.4 Å². The molecule has 7 nitrogen and oxygen atoms in total. The smallest absolute Gasteiger partial charge is 0.321 e. The van der Waals surface area contributed by atoms with E-state index in [1.54, 1.807) is 18.2 Å². The monoisotopic (exact) mass is 403 g/mol. The Morgan fingerprint density at radius 1 is 1.27 bits per heavy atom. The number of nitrogens with zero attached hydrogens (tertiary/aromatic N) is 1. The number of benzene rings is 1. The molecule has 9 heteroatoms. The Bertz CT molecular complexity index is 624. The first-order valence-electron chi connectivity index (χ1n) is 8.47. The Morgan fingerprint density at radius 2 is 2.00 bits per heavy atom. The van der Waals surface area contributed by atoms with Gasteiger partial charge in [-0.25, -0.2) is 0 Å². The summed E-state index contributed by atoms with van der Waals surface area (Å²) >= 11 is 11.9. The molecule has 1 saturated heterocycles. The van der Waals surface area contributed by atoms with Crippen LogP contribution in [0, 0.1) is 0 Å². The number of carboxylic acids is 1. The van der Waals surface area contributed by atoms with E-state index >= 15 is 0 Å². The highest BCUT2D eigenvalue weighted by Gasteiger charge is 2.21. The van der Waals surface area contributed by atoms with E-state index in [4.69, 9.17) is 27.9 Å². The largest absolute Gasteiger partial charge is 0.480 e. The first-order valence-corrected chi connectivity index (χ1v) is 9.23. The predicted octanol–water partition coefficient (Wildman–Crippen LogP) is 2.09. The summed E-state index contributed by atoms with van der Waals surface area (Å²) in [5.74, 6) is -1.51. The maximum atomic E-state index is 12.1. The lowest BCUT2D eigenvalue weighted by Gasteiger charge is -2.26. The lowest BCUT2D eigenvalue weighted by Crippen LogP contribution is -2.42. The van der Waals surface area contributed by atoms with Crippen LogP contribution >= 0.6 is 23.2 Å². The van der Waals surface area contributed by atoms with Crippen molar-refractivity contribution in [2.75, 3.05) is 44.7 Å².